The lowest BCUT2D eigenvalue weighted by Gasteiger charge is -2.39. The van der Waals surface area contributed by atoms with Gasteiger partial charge >= 0.3 is 0 Å². The summed E-state index contributed by atoms with van der Waals surface area (Å²) >= 11 is 0. The van der Waals surface area contributed by atoms with Gasteiger partial charge in [0.2, 0.25) is 5.91 Å². The largest absolute Gasteiger partial charge is 0.369 e. The third-order valence-electron chi connectivity index (χ3n) is 5.38. The molecule has 1 amide bonds. The van der Waals surface area contributed by atoms with Crippen molar-refractivity contribution in [2.75, 3.05) is 50.7 Å². The van der Waals surface area contributed by atoms with E-state index in [2.05, 4.69) is 23.6 Å². The van der Waals surface area contributed by atoms with Crippen molar-refractivity contribution >= 4 is 17.3 Å². The Morgan fingerprint density at radius 1 is 1.08 bits per heavy atom. The molecule has 7 nitrogen and oxygen atoms in total. The predicted octanol–water partition coefficient (Wildman–Crippen LogP) is 2.22. The number of nitro benzene ring substituents is 1. The highest BCUT2D eigenvalue weighted by atomic mass is 16.6. The molecule has 2 saturated heterocycles. The Bertz CT molecular complexity index is 631. The zero-order valence-electron chi connectivity index (χ0n) is 15.6. The maximum absolute atomic E-state index is 12.6. The normalized spacial score (nSPS) is 24.5. The Labute approximate surface area is 154 Å². The zero-order valence-corrected chi connectivity index (χ0v) is 15.6. The van der Waals surface area contributed by atoms with E-state index in [9.17, 15) is 14.9 Å². The summed E-state index contributed by atoms with van der Waals surface area (Å²) < 4.78 is 0. The number of piperidine rings is 1. The fourth-order valence-electron chi connectivity index (χ4n) is 4.11. The van der Waals surface area contributed by atoms with Gasteiger partial charge in [-0.15, -0.1) is 0 Å². The summed E-state index contributed by atoms with van der Waals surface area (Å²) in [5, 5.41) is 10.8. The lowest BCUT2D eigenvalue weighted by molar-refractivity contribution is -0.384. The number of nitro groups is 1. The van der Waals surface area contributed by atoms with Crippen LogP contribution in [0, 0.1) is 22.0 Å². The van der Waals surface area contributed by atoms with Crippen molar-refractivity contribution in [1.29, 1.82) is 0 Å². The topological polar surface area (TPSA) is 69.9 Å². The van der Waals surface area contributed by atoms with E-state index in [-0.39, 0.29) is 16.5 Å². The smallest absolute Gasteiger partial charge is 0.269 e. The Morgan fingerprint density at radius 2 is 1.65 bits per heavy atom. The van der Waals surface area contributed by atoms with E-state index in [0.717, 1.165) is 45.0 Å². The minimum absolute atomic E-state index is 0.114. The predicted molar refractivity (Wildman–Crippen MR) is 101 cm³/mol. The average Bonchev–Trinajstić information content (AvgIpc) is 2.61. The Morgan fingerprint density at radius 3 is 2.19 bits per heavy atom. The van der Waals surface area contributed by atoms with Crippen molar-refractivity contribution in [3.63, 3.8) is 0 Å². The van der Waals surface area contributed by atoms with Crippen LogP contribution in [0.1, 0.15) is 20.3 Å². The first kappa shape index (κ1) is 18.6. The van der Waals surface area contributed by atoms with Crippen molar-refractivity contribution in [2.45, 2.75) is 20.3 Å². The van der Waals surface area contributed by atoms with Gasteiger partial charge in [0.15, 0.2) is 0 Å². The molecule has 7 heteroatoms. The van der Waals surface area contributed by atoms with Gasteiger partial charge in [-0.3, -0.25) is 19.8 Å². The molecule has 26 heavy (non-hydrogen) atoms. The van der Waals surface area contributed by atoms with Crippen LogP contribution in [0.25, 0.3) is 0 Å². The molecule has 0 bridgehead atoms. The van der Waals surface area contributed by atoms with Crippen LogP contribution in [0.4, 0.5) is 11.4 Å². The Kier molecular flexibility index (Phi) is 5.76. The van der Waals surface area contributed by atoms with Crippen LogP contribution in [0.3, 0.4) is 0 Å². The van der Waals surface area contributed by atoms with E-state index in [1.165, 1.54) is 6.42 Å². The second kappa shape index (κ2) is 8.03. The highest BCUT2D eigenvalue weighted by molar-refractivity contribution is 5.78. The van der Waals surface area contributed by atoms with E-state index >= 15 is 0 Å². The van der Waals surface area contributed by atoms with Crippen LogP contribution in [-0.4, -0.2) is 66.4 Å². The van der Waals surface area contributed by atoms with E-state index in [1.54, 1.807) is 24.3 Å². The molecule has 3 rings (SSSR count). The molecule has 2 aliphatic heterocycles. The first-order valence-electron chi connectivity index (χ1n) is 9.42. The zero-order chi connectivity index (χ0) is 18.7. The van der Waals surface area contributed by atoms with Gasteiger partial charge in [0, 0.05) is 57.1 Å². The van der Waals surface area contributed by atoms with Gasteiger partial charge < -0.3 is 9.80 Å². The maximum Gasteiger partial charge on any atom is 0.269 e. The number of hydrogen-bond acceptors (Lipinski definition) is 5. The van der Waals surface area contributed by atoms with Gasteiger partial charge in [-0.25, -0.2) is 0 Å². The summed E-state index contributed by atoms with van der Waals surface area (Å²) in [7, 11) is 0. The molecular formula is C19H28N4O3. The lowest BCUT2D eigenvalue weighted by Crippen LogP contribution is -2.52. The van der Waals surface area contributed by atoms with Gasteiger partial charge in [-0.1, -0.05) is 13.8 Å². The van der Waals surface area contributed by atoms with Crippen LogP contribution in [0.15, 0.2) is 24.3 Å². The molecule has 2 atom stereocenters. The number of hydrogen-bond donors (Lipinski definition) is 0. The van der Waals surface area contributed by atoms with Crippen molar-refractivity contribution in [3.8, 4) is 0 Å². The second-order valence-electron chi connectivity index (χ2n) is 7.78. The number of benzene rings is 1. The Hall–Kier alpha value is -2.15. The molecule has 2 heterocycles. The van der Waals surface area contributed by atoms with Crippen LogP contribution in [0.2, 0.25) is 0 Å². The molecule has 0 aliphatic carbocycles. The van der Waals surface area contributed by atoms with Gasteiger partial charge in [0.1, 0.15) is 0 Å². The van der Waals surface area contributed by atoms with Crippen LogP contribution in [0.5, 0.6) is 0 Å². The SMILES string of the molecule is CC1CC(C)CN(C(=O)CN2CCN(c3ccc([N+](=O)[O-])cc3)CC2)C1. The molecule has 2 fully saturated rings. The maximum atomic E-state index is 12.6. The van der Waals surface area contributed by atoms with E-state index in [4.69, 9.17) is 0 Å². The number of anilines is 1. The van der Waals surface area contributed by atoms with Gasteiger partial charge in [-0.05, 0) is 30.4 Å². The third-order valence-corrected chi connectivity index (χ3v) is 5.38. The first-order valence-corrected chi connectivity index (χ1v) is 9.42. The quantitative estimate of drug-likeness (QED) is 0.608. The molecule has 0 aromatic heterocycles. The highest BCUT2D eigenvalue weighted by Gasteiger charge is 2.27. The van der Waals surface area contributed by atoms with Crippen LogP contribution in [-0.2, 0) is 4.79 Å². The molecule has 0 saturated carbocycles. The standard InChI is InChI=1S/C19H28N4O3/c1-15-11-16(2)13-22(12-15)19(24)14-20-7-9-21(10-8-20)17-3-5-18(6-4-17)23(25)26/h3-6,15-16H,7-14H2,1-2H3. The number of non-ortho nitro benzene ring substituents is 1. The van der Waals surface area contributed by atoms with E-state index in [1.807, 2.05) is 4.90 Å². The second-order valence-corrected chi connectivity index (χ2v) is 7.78. The number of rotatable bonds is 4. The van der Waals surface area contributed by atoms with Crippen LogP contribution < -0.4 is 4.90 Å². The summed E-state index contributed by atoms with van der Waals surface area (Å²) in [5.74, 6) is 1.41. The Balaban J connectivity index is 1.49. The van der Waals surface area contributed by atoms with E-state index in [0.29, 0.717) is 18.4 Å². The average molecular weight is 360 g/mol. The van der Waals surface area contributed by atoms with Gasteiger partial charge in [-0.2, -0.15) is 0 Å². The molecule has 2 unspecified atom stereocenters. The molecule has 1 aromatic rings. The third kappa shape index (κ3) is 4.52. The fourth-order valence-corrected chi connectivity index (χ4v) is 4.11. The van der Waals surface area contributed by atoms with Crippen molar-refractivity contribution in [2.24, 2.45) is 11.8 Å². The number of likely N-dealkylation sites (tertiary alicyclic amines) is 1. The summed E-state index contributed by atoms with van der Waals surface area (Å²) in [6, 6.07) is 6.69. The van der Waals surface area contributed by atoms with Crippen molar-refractivity contribution in [1.82, 2.24) is 9.80 Å². The van der Waals surface area contributed by atoms with Gasteiger partial charge in [0.05, 0.1) is 11.5 Å². The summed E-state index contributed by atoms with van der Waals surface area (Å²) in [4.78, 5) is 29.5. The first-order chi connectivity index (χ1) is 12.4. The van der Waals surface area contributed by atoms with Crippen molar-refractivity contribution in [3.05, 3.63) is 34.4 Å². The molecule has 1 aromatic carbocycles. The molecule has 142 valence electrons. The summed E-state index contributed by atoms with van der Waals surface area (Å²) in [6.45, 7) is 10.0. The van der Waals surface area contributed by atoms with Crippen LogP contribution >= 0.6 is 0 Å². The molecule has 0 radical (unpaired) electrons. The molecular weight excluding hydrogens is 332 g/mol. The number of carbonyl (C=O) groups excluding carboxylic acids is 1. The lowest BCUT2D eigenvalue weighted by atomic mass is 9.92. The number of carbonyl (C=O) groups is 1. The number of nitrogens with zero attached hydrogens (tertiary/aromatic N) is 4. The molecule has 0 spiro atoms. The minimum Gasteiger partial charge on any atom is -0.369 e. The molecule has 0 N–H and O–H groups in total. The highest BCUT2D eigenvalue weighted by Crippen LogP contribution is 2.22. The van der Waals surface area contributed by atoms with Gasteiger partial charge in [0.25, 0.3) is 5.69 Å². The number of piperazine rings is 1. The monoisotopic (exact) mass is 360 g/mol. The van der Waals surface area contributed by atoms with Crippen molar-refractivity contribution < 1.29 is 9.72 Å². The summed E-state index contributed by atoms with van der Waals surface area (Å²) in [6.07, 6.45) is 1.21. The fraction of sp³-hybridized carbons (Fsp3) is 0.632. The number of amides is 1. The molecule has 2 aliphatic rings. The summed E-state index contributed by atoms with van der Waals surface area (Å²) in [5.41, 5.74) is 1.11. The minimum atomic E-state index is -0.379. The van der Waals surface area contributed by atoms with E-state index < -0.39 is 0 Å².